The molecule has 0 saturated heterocycles. The highest BCUT2D eigenvalue weighted by Crippen LogP contribution is 2.35. The molecule has 3 N–H and O–H groups in total. The Morgan fingerprint density at radius 1 is 1.35 bits per heavy atom. The Labute approximate surface area is 143 Å². The lowest BCUT2D eigenvalue weighted by Crippen LogP contribution is -2.36. The fourth-order valence-corrected chi connectivity index (χ4v) is 2.59. The first-order valence-electron chi connectivity index (χ1n) is 7.95. The first-order valence-corrected chi connectivity index (χ1v) is 7.95. The Morgan fingerprint density at radius 2 is 2.09 bits per heavy atom. The number of ether oxygens (including phenoxy) is 1. The summed E-state index contributed by atoms with van der Waals surface area (Å²) in [6.45, 7) is 4.78. The van der Waals surface area contributed by atoms with Crippen LogP contribution in [0.1, 0.15) is 49.0 Å². The average molecular weight is 344 g/mol. The zero-order valence-corrected chi connectivity index (χ0v) is 14.5. The van der Waals surface area contributed by atoms with Gasteiger partial charge >= 0.3 is 0 Å². The molecule has 0 amide bonds. The Bertz CT molecular complexity index is 536. The summed E-state index contributed by atoms with van der Waals surface area (Å²) in [4.78, 5) is 11.9. The highest BCUT2D eigenvalue weighted by atomic mass is 35.5. The molecule has 1 aromatic rings. The van der Waals surface area contributed by atoms with Crippen molar-refractivity contribution in [2.24, 2.45) is 0 Å². The van der Waals surface area contributed by atoms with E-state index in [-0.39, 0.29) is 30.5 Å². The quantitative estimate of drug-likeness (QED) is 0.708. The molecule has 0 fully saturated rings. The molecule has 1 aliphatic carbocycles. The standard InChI is InChI=1S/C17H25NO4.ClH/c1-3-11(2)18-9-12(19)10-22-16-8-7-15(21)17-13(16)5-4-6-14(17)20;/h7-8,11-12,18-19,21H,3-6,9-10H2,1-2H3;1H. The number of Topliss-reactive ketones (excluding diaryl/α,β-unsaturated/α-hetero) is 1. The lowest BCUT2D eigenvalue weighted by molar-refractivity contribution is 0.0960. The van der Waals surface area contributed by atoms with E-state index in [0.29, 0.717) is 36.7 Å². The molecule has 1 aromatic carbocycles. The molecule has 6 heteroatoms. The molecule has 0 radical (unpaired) electrons. The largest absolute Gasteiger partial charge is 0.507 e. The number of nitrogens with one attached hydrogen (secondary N) is 1. The second-order valence-corrected chi connectivity index (χ2v) is 5.90. The first-order chi connectivity index (χ1) is 10.5. The lowest BCUT2D eigenvalue weighted by Gasteiger charge is -2.21. The van der Waals surface area contributed by atoms with Crippen LogP contribution in [0, 0.1) is 0 Å². The van der Waals surface area contributed by atoms with Gasteiger partial charge in [-0.05, 0) is 38.3 Å². The summed E-state index contributed by atoms with van der Waals surface area (Å²) in [5, 5.41) is 23.0. The fourth-order valence-electron chi connectivity index (χ4n) is 2.59. The molecule has 0 aliphatic heterocycles. The highest BCUT2D eigenvalue weighted by molar-refractivity contribution is 6.01. The monoisotopic (exact) mass is 343 g/mol. The zero-order chi connectivity index (χ0) is 16.1. The predicted molar refractivity (Wildman–Crippen MR) is 91.9 cm³/mol. The van der Waals surface area contributed by atoms with Crippen LogP contribution in [0.2, 0.25) is 0 Å². The van der Waals surface area contributed by atoms with E-state index < -0.39 is 6.10 Å². The maximum absolute atomic E-state index is 11.9. The van der Waals surface area contributed by atoms with Gasteiger partial charge in [0.15, 0.2) is 5.78 Å². The number of carbonyl (C=O) groups is 1. The zero-order valence-electron chi connectivity index (χ0n) is 13.7. The van der Waals surface area contributed by atoms with Crippen molar-refractivity contribution in [3.63, 3.8) is 0 Å². The van der Waals surface area contributed by atoms with Crippen LogP contribution < -0.4 is 10.1 Å². The summed E-state index contributed by atoms with van der Waals surface area (Å²) >= 11 is 0. The molecule has 0 aromatic heterocycles. The summed E-state index contributed by atoms with van der Waals surface area (Å²) in [5.41, 5.74) is 1.15. The topological polar surface area (TPSA) is 78.8 Å². The van der Waals surface area contributed by atoms with Crippen molar-refractivity contribution in [1.29, 1.82) is 0 Å². The molecule has 23 heavy (non-hydrogen) atoms. The van der Waals surface area contributed by atoms with Gasteiger partial charge in [-0.1, -0.05) is 6.92 Å². The second kappa shape index (κ2) is 9.11. The summed E-state index contributed by atoms with van der Waals surface area (Å²) in [6, 6.07) is 3.51. The Morgan fingerprint density at radius 3 is 2.78 bits per heavy atom. The van der Waals surface area contributed by atoms with Crippen molar-refractivity contribution in [3.8, 4) is 11.5 Å². The molecule has 2 rings (SSSR count). The lowest BCUT2D eigenvalue weighted by atomic mass is 9.89. The number of hydrogen-bond donors (Lipinski definition) is 3. The number of phenols is 1. The van der Waals surface area contributed by atoms with Crippen molar-refractivity contribution in [3.05, 3.63) is 23.3 Å². The van der Waals surface area contributed by atoms with Crippen LogP contribution in [0.3, 0.4) is 0 Å². The van der Waals surface area contributed by atoms with Gasteiger partial charge in [-0.2, -0.15) is 0 Å². The fraction of sp³-hybridized carbons (Fsp3) is 0.588. The van der Waals surface area contributed by atoms with Gasteiger partial charge in [0.1, 0.15) is 24.2 Å². The Hall–Kier alpha value is -1.30. The third-order valence-corrected chi connectivity index (χ3v) is 4.10. The number of aliphatic hydroxyl groups is 1. The summed E-state index contributed by atoms with van der Waals surface area (Å²) < 4.78 is 5.68. The molecule has 5 nitrogen and oxygen atoms in total. The van der Waals surface area contributed by atoms with Crippen molar-refractivity contribution >= 4 is 18.2 Å². The number of benzene rings is 1. The van der Waals surface area contributed by atoms with E-state index in [1.807, 2.05) is 0 Å². The molecule has 2 unspecified atom stereocenters. The van der Waals surface area contributed by atoms with Gasteiger partial charge < -0.3 is 20.3 Å². The van der Waals surface area contributed by atoms with Gasteiger partial charge in [-0.25, -0.2) is 0 Å². The SMILES string of the molecule is CCC(C)NCC(O)COc1ccc(O)c2c1CCCC2=O.Cl. The number of carbonyl (C=O) groups excluding carboxylic acids is 1. The van der Waals surface area contributed by atoms with Crippen LogP contribution in [-0.4, -0.2) is 41.3 Å². The molecule has 130 valence electrons. The van der Waals surface area contributed by atoms with Crippen LogP contribution in [-0.2, 0) is 6.42 Å². The van der Waals surface area contributed by atoms with E-state index in [1.165, 1.54) is 6.07 Å². The smallest absolute Gasteiger partial charge is 0.167 e. The van der Waals surface area contributed by atoms with Crippen molar-refractivity contribution in [2.45, 2.75) is 51.7 Å². The van der Waals surface area contributed by atoms with Gasteiger partial charge in [-0.15, -0.1) is 12.4 Å². The van der Waals surface area contributed by atoms with Gasteiger partial charge in [0, 0.05) is 24.6 Å². The summed E-state index contributed by atoms with van der Waals surface area (Å²) in [5.74, 6) is 0.567. The molecular formula is C17H26ClNO4. The highest BCUT2D eigenvalue weighted by Gasteiger charge is 2.24. The minimum absolute atomic E-state index is 0. The van der Waals surface area contributed by atoms with Crippen molar-refractivity contribution < 1.29 is 19.7 Å². The van der Waals surface area contributed by atoms with Crippen LogP contribution in [0.15, 0.2) is 12.1 Å². The number of rotatable bonds is 7. The minimum atomic E-state index is -0.613. The predicted octanol–water partition coefficient (Wildman–Crippen LogP) is 2.46. The van der Waals surface area contributed by atoms with Crippen LogP contribution in [0.5, 0.6) is 11.5 Å². The maximum Gasteiger partial charge on any atom is 0.167 e. The third-order valence-electron chi connectivity index (χ3n) is 4.10. The van der Waals surface area contributed by atoms with Gasteiger partial charge in [0.2, 0.25) is 0 Å². The molecular weight excluding hydrogens is 318 g/mol. The molecule has 0 spiro atoms. The van der Waals surface area contributed by atoms with Gasteiger partial charge in [-0.3, -0.25) is 4.79 Å². The summed E-state index contributed by atoms with van der Waals surface area (Å²) in [7, 11) is 0. The number of ketones is 1. The minimum Gasteiger partial charge on any atom is -0.507 e. The molecule has 2 atom stereocenters. The molecule has 0 bridgehead atoms. The summed E-state index contributed by atoms with van der Waals surface area (Å²) in [6.07, 6.45) is 2.33. The third kappa shape index (κ3) is 5.09. The number of fused-ring (bicyclic) bond motifs is 1. The maximum atomic E-state index is 11.9. The molecule has 0 saturated carbocycles. The van der Waals surface area contributed by atoms with E-state index in [2.05, 4.69) is 19.2 Å². The Balaban J connectivity index is 0.00000264. The van der Waals surface area contributed by atoms with Crippen molar-refractivity contribution in [2.75, 3.05) is 13.2 Å². The van der Waals surface area contributed by atoms with E-state index in [1.54, 1.807) is 6.07 Å². The normalized spacial score (nSPS) is 16.2. The second-order valence-electron chi connectivity index (χ2n) is 5.90. The van der Waals surface area contributed by atoms with Crippen molar-refractivity contribution in [1.82, 2.24) is 5.32 Å². The van der Waals surface area contributed by atoms with E-state index in [9.17, 15) is 15.0 Å². The van der Waals surface area contributed by atoms with E-state index >= 15 is 0 Å². The van der Waals surface area contributed by atoms with Crippen LogP contribution >= 0.6 is 12.4 Å². The number of halogens is 1. The van der Waals surface area contributed by atoms with Crippen LogP contribution in [0.25, 0.3) is 0 Å². The van der Waals surface area contributed by atoms with Crippen LogP contribution in [0.4, 0.5) is 0 Å². The van der Waals surface area contributed by atoms with E-state index in [0.717, 1.165) is 18.4 Å². The van der Waals surface area contributed by atoms with Gasteiger partial charge in [0.25, 0.3) is 0 Å². The average Bonchev–Trinajstić information content (AvgIpc) is 2.52. The number of aliphatic hydroxyl groups excluding tert-OH is 1. The first kappa shape index (κ1) is 19.7. The molecule has 1 aliphatic rings. The van der Waals surface area contributed by atoms with E-state index in [4.69, 9.17) is 4.74 Å². The molecule has 0 heterocycles. The van der Waals surface area contributed by atoms with Gasteiger partial charge in [0.05, 0.1) is 5.56 Å². The number of aromatic hydroxyl groups is 1. The number of hydrogen-bond acceptors (Lipinski definition) is 5. The Kier molecular flexibility index (Phi) is 7.82. The number of phenolic OH excluding ortho intramolecular Hbond substituents is 1.